The molecule has 0 saturated heterocycles. The van der Waals surface area contributed by atoms with Crippen LogP contribution in [0.25, 0.3) is 0 Å². The Kier molecular flexibility index (Phi) is 4.61. The number of carbonyl (C=O) groups excluding carboxylic acids is 1. The van der Waals surface area contributed by atoms with Gasteiger partial charge in [0.15, 0.2) is 0 Å². The lowest BCUT2D eigenvalue weighted by Gasteiger charge is -2.26. The molecule has 1 aromatic rings. The van der Waals surface area contributed by atoms with Gasteiger partial charge in [-0.05, 0) is 30.0 Å². The minimum Gasteiger partial charge on any atom is -0.341 e. The molecule has 0 aliphatic heterocycles. The Hall–Kier alpha value is -1.40. The van der Waals surface area contributed by atoms with Crippen LogP contribution in [0.2, 0.25) is 0 Å². The number of rotatable bonds is 3. The Morgan fingerprint density at radius 2 is 1.85 bits per heavy atom. The summed E-state index contributed by atoms with van der Waals surface area (Å²) in [6.45, 7) is 8.31. The summed E-state index contributed by atoms with van der Waals surface area (Å²) in [4.78, 5) is 13.9. The fraction of sp³-hybridized carbons (Fsp3) is 0.500. The summed E-state index contributed by atoms with van der Waals surface area (Å²) in [5.74, 6) is -0.218. The van der Waals surface area contributed by atoms with E-state index in [9.17, 15) is 13.2 Å². The Morgan fingerprint density at radius 3 is 2.30 bits per heavy atom. The Bertz CT molecular complexity index is 616. The first-order chi connectivity index (χ1) is 8.92. The highest BCUT2D eigenvalue weighted by Crippen LogP contribution is 2.19. The summed E-state index contributed by atoms with van der Waals surface area (Å²) in [6.07, 6.45) is 0. The normalized spacial score (nSPS) is 12.3. The van der Waals surface area contributed by atoms with Crippen molar-refractivity contribution >= 4 is 15.9 Å². The molecule has 1 aromatic carbocycles. The summed E-state index contributed by atoms with van der Waals surface area (Å²) in [7, 11) is -2.12. The molecule has 1 rings (SSSR count). The molecule has 6 heteroatoms. The summed E-state index contributed by atoms with van der Waals surface area (Å²) >= 11 is 0. The Morgan fingerprint density at radius 1 is 1.30 bits per heavy atom. The molecule has 0 atom stereocenters. The van der Waals surface area contributed by atoms with E-state index >= 15 is 0 Å². The van der Waals surface area contributed by atoms with E-state index in [1.807, 2.05) is 20.8 Å². The number of nitrogens with zero attached hydrogens (tertiary/aromatic N) is 1. The first-order valence-corrected chi connectivity index (χ1v) is 7.85. The molecule has 1 amide bonds. The molecule has 0 radical (unpaired) electrons. The fourth-order valence-electron chi connectivity index (χ4n) is 2.04. The first-order valence-electron chi connectivity index (χ1n) is 6.31. The molecule has 112 valence electrons. The van der Waals surface area contributed by atoms with Crippen molar-refractivity contribution in [3.63, 3.8) is 0 Å². The van der Waals surface area contributed by atoms with Gasteiger partial charge in [-0.1, -0.05) is 26.8 Å². The molecular formula is C14H22N2O3S. The summed E-state index contributed by atoms with van der Waals surface area (Å²) in [5, 5.41) is 5.15. The van der Waals surface area contributed by atoms with Crippen molar-refractivity contribution in [2.45, 2.75) is 32.6 Å². The third kappa shape index (κ3) is 4.31. The number of hydrogen-bond donors (Lipinski definition) is 1. The summed E-state index contributed by atoms with van der Waals surface area (Å²) in [5.41, 5.74) is 0.826. The fourth-order valence-corrected chi connectivity index (χ4v) is 2.85. The number of hydrogen-bond acceptors (Lipinski definition) is 3. The minimum absolute atomic E-state index is 0.00694. The number of amides is 1. The van der Waals surface area contributed by atoms with Crippen LogP contribution in [0.3, 0.4) is 0 Å². The molecule has 0 heterocycles. The van der Waals surface area contributed by atoms with E-state index in [1.54, 1.807) is 31.0 Å². The van der Waals surface area contributed by atoms with Crippen molar-refractivity contribution in [1.29, 1.82) is 0 Å². The van der Waals surface area contributed by atoms with E-state index in [0.717, 1.165) is 0 Å². The first kappa shape index (κ1) is 16.7. The van der Waals surface area contributed by atoms with Gasteiger partial charge in [0.2, 0.25) is 10.0 Å². The number of carbonyl (C=O) groups is 1. The maximum absolute atomic E-state index is 12.3. The SMILES string of the molecule is Cc1ccc(C(=O)N(C)CC(C)(C)C)cc1S(N)(=O)=O. The predicted octanol–water partition coefficient (Wildman–Crippen LogP) is 1.76. The van der Waals surface area contributed by atoms with Crippen molar-refractivity contribution in [3.8, 4) is 0 Å². The molecule has 0 bridgehead atoms. The van der Waals surface area contributed by atoms with Crippen LogP contribution in [0.4, 0.5) is 0 Å². The second-order valence-corrected chi connectivity index (χ2v) is 7.78. The third-order valence-corrected chi connectivity index (χ3v) is 3.85. The average molecular weight is 298 g/mol. The summed E-state index contributed by atoms with van der Waals surface area (Å²) in [6, 6.07) is 4.55. The lowest BCUT2D eigenvalue weighted by Crippen LogP contribution is -2.34. The number of aryl methyl sites for hydroxylation is 1. The van der Waals surface area contributed by atoms with Crippen molar-refractivity contribution in [3.05, 3.63) is 29.3 Å². The van der Waals surface area contributed by atoms with Crippen molar-refractivity contribution in [1.82, 2.24) is 4.90 Å². The number of benzene rings is 1. The lowest BCUT2D eigenvalue weighted by molar-refractivity contribution is 0.0745. The second-order valence-electron chi connectivity index (χ2n) is 6.25. The molecule has 0 fully saturated rings. The standard InChI is InChI=1S/C14H22N2O3S/c1-10-6-7-11(8-12(10)20(15,18)19)13(17)16(5)9-14(2,3)4/h6-8H,9H2,1-5H3,(H2,15,18,19). The molecule has 2 N–H and O–H groups in total. The Labute approximate surface area is 120 Å². The molecule has 0 aliphatic rings. The van der Waals surface area contributed by atoms with Crippen molar-refractivity contribution in [2.75, 3.05) is 13.6 Å². The van der Waals surface area contributed by atoms with Gasteiger partial charge < -0.3 is 4.90 Å². The highest BCUT2D eigenvalue weighted by molar-refractivity contribution is 7.89. The van der Waals surface area contributed by atoms with Crippen LogP contribution in [0, 0.1) is 12.3 Å². The van der Waals surface area contributed by atoms with Crippen molar-refractivity contribution < 1.29 is 13.2 Å². The van der Waals surface area contributed by atoms with Crippen LogP contribution in [0.1, 0.15) is 36.7 Å². The zero-order valence-corrected chi connectivity index (χ0v) is 13.4. The van der Waals surface area contributed by atoms with Gasteiger partial charge in [-0.3, -0.25) is 4.79 Å². The van der Waals surface area contributed by atoms with E-state index in [4.69, 9.17) is 5.14 Å². The summed E-state index contributed by atoms with van der Waals surface area (Å²) < 4.78 is 23.0. The van der Waals surface area contributed by atoms with Gasteiger partial charge >= 0.3 is 0 Å². The van der Waals surface area contributed by atoms with Crippen LogP contribution in [0.5, 0.6) is 0 Å². The van der Waals surface area contributed by atoms with Crippen LogP contribution >= 0.6 is 0 Å². The predicted molar refractivity (Wildman–Crippen MR) is 79.0 cm³/mol. The van der Waals surface area contributed by atoms with E-state index in [2.05, 4.69) is 0 Å². The molecule has 0 aromatic heterocycles. The molecule has 0 unspecified atom stereocenters. The maximum atomic E-state index is 12.3. The quantitative estimate of drug-likeness (QED) is 0.923. The molecule has 0 spiro atoms. The number of nitrogens with two attached hydrogens (primary N) is 1. The van der Waals surface area contributed by atoms with Gasteiger partial charge in [0, 0.05) is 19.2 Å². The van der Waals surface area contributed by atoms with Crippen LogP contribution in [0.15, 0.2) is 23.1 Å². The topological polar surface area (TPSA) is 80.5 Å². The Balaban J connectivity index is 3.13. The van der Waals surface area contributed by atoms with E-state index in [-0.39, 0.29) is 16.2 Å². The van der Waals surface area contributed by atoms with Gasteiger partial charge in [0.05, 0.1) is 4.90 Å². The van der Waals surface area contributed by atoms with E-state index < -0.39 is 10.0 Å². The minimum atomic E-state index is -3.82. The average Bonchev–Trinajstić information content (AvgIpc) is 2.24. The molecular weight excluding hydrogens is 276 g/mol. The smallest absolute Gasteiger partial charge is 0.253 e. The van der Waals surface area contributed by atoms with E-state index in [1.165, 1.54) is 6.07 Å². The van der Waals surface area contributed by atoms with Crippen LogP contribution in [-0.2, 0) is 10.0 Å². The largest absolute Gasteiger partial charge is 0.341 e. The van der Waals surface area contributed by atoms with Gasteiger partial charge in [-0.2, -0.15) is 0 Å². The monoisotopic (exact) mass is 298 g/mol. The highest BCUT2D eigenvalue weighted by atomic mass is 32.2. The second kappa shape index (κ2) is 5.54. The third-order valence-electron chi connectivity index (χ3n) is 2.80. The van der Waals surface area contributed by atoms with E-state index in [0.29, 0.717) is 17.7 Å². The maximum Gasteiger partial charge on any atom is 0.253 e. The molecule has 0 saturated carbocycles. The molecule has 0 aliphatic carbocycles. The van der Waals surface area contributed by atoms with Gasteiger partial charge in [-0.15, -0.1) is 0 Å². The molecule has 5 nitrogen and oxygen atoms in total. The molecule has 20 heavy (non-hydrogen) atoms. The lowest BCUT2D eigenvalue weighted by atomic mass is 9.96. The number of primary sulfonamides is 1. The number of sulfonamides is 1. The van der Waals surface area contributed by atoms with Gasteiger partial charge in [0.25, 0.3) is 5.91 Å². The zero-order chi connectivity index (χ0) is 15.7. The van der Waals surface area contributed by atoms with Gasteiger partial charge in [0.1, 0.15) is 0 Å². The highest BCUT2D eigenvalue weighted by Gasteiger charge is 2.21. The van der Waals surface area contributed by atoms with Crippen LogP contribution < -0.4 is 5.14 Å². The van der Waals surface area contributed by atoms with Gasteiger partial charge in [-0.25, -0.2) is 13.6 Å². The van der Waals surface area contributed by atoms with Crippen LogP contribution in [-0.4, -0.2) is 32.8 Å². The zero-order valence-electron chi connectivity index (χ0n) is 12.6. The van der Waals surface area contributed by atoms with Crippen molar-refractivity contribution in [2.24, 2.45) is 10.6 Å².